The summed E-state index contributed by atoms with van der Waals surface area (Å²) in [5, 5.41) is 0. The van der Waals surface area contributed by atoms with Gasteiger partial charge in [-0.3, -0.25) is 0 Å². The van der Waals surface area contributed by atoms with Gasteiger partial charge in [-0.1, -0.05) is 31.2 Å². The number of para-hydroxylation sites is 1. The van der Waals surface area contributed by atoms with Crippen molar-refractivity contribution in [2.24, 2.45) is 0 Å². The lowest BCUT2D eigenvalue weighted by Gasteiger charge is -2.15. The molecule has 1 heteroatoms. The first kappa shape index (κ1) is 10.3. The Labute approximate surface area is 91.8 Å². The van der Waals surface area contributed by atoms with Gasteiger partial charge in [-0.25, -0.2) is 0 Å². The third-order valence-electron chi connectivity index (χ3n) is 3.14. The molecule has 0 bridgehead atoms. The van der Waals surface area contributed by atoms with Crippen LogP contribution in [0.5, 0.6) is 5.75 Å². The van der Waals surface area contributed by atoms with Crippen molar-refractivity contribution >= 4 is 0 Å². The third kappa shape index (κ3) is 1.92. The summed E-state index contributed by atoms with van der Waals surface area (Å²) >= 11 is 0. The summed E-state index contributed by atoms with van der Waals surface area (Å²) in [6, 6.07) is 6.46. The monoisotopic (exact) mass is 202 g/mol. The van der Waals surface area contributed by atoms with Crippen molar-refractivity contribution < 1.29 is 4.74 Å². The van der Waals surface area contributed by atoms with E-state index in [4.69, 9.17) is 4.74 Å². The molecule has 1 aromatic rings. The lowest BCUT2D eigenvalue weighted by Crippen LogP contribution is -1.98. The van der Waals surface area contributed by atoms with Crippen LogP contribution < -0.4 is 4.74 Å². The summed E-state index contributed by atoms with van der Waals surface area (Å²) < 4.78 is 5.55. The lowest BCUT2D eigenvalue weighted by atomic mass is 9.96. The van der Waals surface area contributed by atoms with E-state index in [1.807, 2.05) is 6.08 Å². The van der Waals surface area contributed by atoms with Crippen LogP contribution in [0.3, 0.4) is 0 Å². The van der Waals surface area contributed by atoms with Gasteiger partial charge in [0.15, 0.2) is 0 Å². The highest BCUT2D eigenvalue weighted by Gasteiger charge is 2.28. The molecule has 1 fully saturated rings. The quantitative estimate of drug-likeness (QED) is 0.674. The van der Waals surface area contributed by atoms with Crippen LogP contribution in [0.2, 0.25) is 0 Å². The molecule has 2 rings (SSSR count). The van der Waals surface area contributed by atoms with Crippen LogP contribution in [-0.2, 0) is 0 Å². The Morgan fingerprint density at radius 2 is 2.20 bits per heavy atom. The fraction of sp³-hybridized carbons (Fsp3) is 0.429. The van der Waals surface area contributed by atoms with E-state index < -0.39 is 0 Å². The average molecular weight is 202 g/mol. The van der Waals surface area contributed by atoms with E-state index in [0.29, 0.717) is 5.92 Å². The van der Waals surface area contributed by atoms with Crippen LogP contribution in [0.4, 0.5) is 0 Å². The maximum atomic E-state index is 5.55. The molecular weight excluding hydrogens is 184 g/mol. The minimum absolute atomic E-state index is 0.360. The molecule has 0 amide bonds. The van der Waals surface area contributed by atoms with E-state index in [-0.39, 0.29) is 0 Å². The number of rotatable bonds is 4. The van der Waals surface area contributed by atoms with Crippen molar-refractivity contribution in [3.63, 3.8) is 0 Å². The molecule has 0 N–H and O–H groups in total. The normalized spacial score (nSPS) is 17.2. The topological polar surface area (TPSA) is 9.23 Å². The molecule has 1 aliphatic carbocycles. The summed E-state index contributed by atoms with van der Waals surface area (Å²) in [5.74, 6) is 2.17. The van der Waals surface area contributed by atoms with E-state index in [2.05, 4.69) is 31.7 Å². The van der Waals surface area contributed by atoms with Gasteiger partial charge in [0.1, 0.15) is 5.75 Å². The standard InChI is InChI=1S/C14H18O/c1-4-10(2)12-6-5-7-13(11-8-9-11)14(12)15-3/h4-7,10-11H,1,8-9H2,2-3H3. The molecule has 0 saturated heterocycles. The van der Waals surface area contributed by atoms with Crippen molar-refractivity contribution in [2.45, 2.75) is 31.6 Å². The first-order valence-electron chi connectivity index (χ1n) is 5.57. The van der Waals surface area contributed by atoms with Crippen LogP contribution in [0, 0.1) is 0 Å². The predicted molar refractivity (Wildman–Crippen MR) is 63.6 cm³/mol. The van der Waals surface area contributed by atoms with E-state index in [1.165, 1.54) is 24.0 Å². The van der Waals surface area contributed by atoms with Crippen LogP contribution in [0.25, 0.3) is 0 Å². The van der Waals surface area contributed by atoms with Gasteiger partial charge < -0.3 is 4.74 Å². The van der Waals surface area contributed by atoms with Crippen LogP contribution in [0.1, 0.15) is 42.7 Å². The van der Waals surface area contributed by atoms with E-state index in [0.717, 1.165) is 11.7 Å². The molecule has 1 nitrogen and oxygen atoms in total. The van der Waals surface area contributed by atoms with Gasteiger partial charge in [0.2, 0.25) is 0 Å². The van der Waals surface area contributed by atoms with Gasteiger partial charge in [0, 0.05) is 11.5 Å². The number of benzene rings is 1. The highest BCUT2D eigenvalue weighted by Crippen LogP contribution is 2.46. The Morgan fingerprint density at radius 3 is 2.73 bits per heavy atom. The molecule has 0 spiro atoms. The van der Waals surface area contributed by atoms with Crippen molar-refractivity contribution in [1.82, 2.24) is 0 Å². The Hall–Kier alpha value is -1.24. The largest absolute Gasteiger partial charge is 0.496 e. The SMILES string of the molecule is C=CC(C)c1cccc(C2CC2)c1OC. The van der Waals surface area contributed by atoms with Crippen molar-refractivity contribution in [3.05, 3.63) is 42.0 Å². The Balaban J connectivity index is 2.44. The van der Waals surface area contributed by atoms with Crippen LogP contribution >= 0.6 is 0 Å². The fourth-order valence-electron chi connectivity index (χ4n) is 2.01. The highest BCUT2D eigenvalue weighted by molar-refractivity contribution is 5.47. The summed E-state index contributed by atoms with van der Waals surface area (Å²) in [7, 11) is 1.76. The molecule has 0 aromatic heterocycles. The van der Waals surface area contributed by atoms with Crippen LogP contribution in [0.15, 0.2) is 30.9 Å². The first-order chi connectivity index (χ1) is 7.27. The van der Waals surface area contributed by atoms with Gasteiger partial charge in [-0.15, -0.1) is 6.58 Å². The summed E-state index contributed by atoms with van der Waals surface area (Å²) in [4.78, 5) is 0. The predicted octanol–water partition coefficient (Wildman–Crippen LogP) is 3.86. The molecule has 1 aliphatic rings. The molecule has 15 heavy (non-hydrogen) atoms. The zero-order valence-electron chi connectivity index (χ0n) is 9.49. The minimum Gasteiger partial charge on any atom is -0.496 e. The maximum Gasteiger partial charge on any atom is 0.126 e. The second-order valence-corrected chi connectivity index (χ2v) is 4.27. The smallest absolute Gasteiger partial charge is 0.126 e. The highest BCUT2D eigenvalue weighted by atomic mass is 16.5. The van der Waals surface area contributed by atoms with Gasteiger partial charge in [0.05, 0.1) is 7.11 Å². The second kappa shape index (κ2) is 4.09. The molecule has 0 aliphatic heterocycles. The number of ether oxygens (including phenoxy) is 1. The van der Waals surface area contributed by atoms with Crippen molar-refractivity contribution in [2.75, 3.05) is 7.11 Å². The van der Waals surface area contributed by atoms with Crippen molar-refractivity contribution in [1.29, 1.82) is 0 Å². The maximum absolute atomic E-state index is 5.55. The Kier molecular flexibility index (Phi) is 2.81. The molecule has 0 radical (unpaired) electrons. The molecule has 1 atom stereocenters. The summed E-state index contributed by atoms with van der Waals surface area (Å²) in [6.07, 6.45) is 4.58. The van der Waals surface area contributed by atoms with E-state index in [9.17, 15) is 0 Å². The van der Waals surface area contributed by atoms with Gasteiger partial charge in [-0.2, -0.15) is 0 Å². The van der Waals surface area contributed by atoms with Gasteiger partial charge >= 0.3 is 0 Å². The zero-order valence-corrected chi connectivity index (χ0v) is 9.49. The third-order valence-corrected chi connectivity index (χ3v) is 3.14. The van der Waals surface area contributed by atoms with Crippen molar-refractivity contribution in [3.8, 4) is 5.75 Å². The second-order valence-electron chi connectivity index (χ2n) is 4.27. The number of hydrogen-bond acceptors (Lipinski definition) is 1. The average Bonchev–Trinajstić information content (AvgIpc) is 3.10. The number of allylic oxidation sites excluding steroid dienone is 1. The molecule has 1 saturated carbocycles. The number of hydrogen-bond donors (Lipinski definition) is 0. The summed E-state index contributed by atoms with van der Waals surface area (Å²) in [6.45, 7) is 6.00. The van der Waals surface area contributed by atoms with E-state index in [1.54, 1.807) is 7.11 Å². The van der Waals surface area contributed by atoms with Crippen LogP contribution in [-0.4, -0.2) is 7.11 Å². The van der Waals surface area contributed by atoms with Gasteiger partial charge in [-0.05, 0) is 24.3 Å². The summed E-state index contributed by atoms with van der Waals surface area (Å²) in [5.41, 5.74) is 2.64. The fourth-order valence-corrected chi connectivity index (χ4v) is 2.01. The molecule has 1 unspecified atom stereocenters. The first-order valence-corrected chi connectivity index (χ1v) is 5.57. The molecule has 1 aromatic carbocycles. The Bertz CT molecular complexity index is 364. The molecular formula is C14H18O. The van der Waals surface area contributed by atoms with E-state index >= 15 is 0 Å². The number of methoxy groups -OCH3 is 1. The Morgan fingerprint density at radius 1 is 1.47 bits per heavy atom. The molecule has 0 heterocycles. The molecule has 80 valence electrons. The zero-order chi connectivity index (χ0) is 10.8. The minimum atomic E-state index is 0.360. The van der Waals surface area contributed by atoms with Gasteiger partial charge in [0.25, 0.3) is 0 Å². The lowest BCUT2D eigenvalue weighted by molar-refractivity contribution is 0.403.